The fourth-order valence-corrected chi connectivity index (χ4v) is 0.625. The van der Waals surface area contributed by atoms with Gasteiger partial charge < -0.3 is 10.1 Å². The highest BCUT2D eigenvalue weighted by Gasteiger charge is 2.29. The molecule has 2 nitrogen and oxygen atoms in total. The van der Waals surface area contributed by atoms with Gasteiger partial charge in [-0.3, -0.25) is 0 Å². The summed E-state index contributed by atoms with van der Waals surface area (Å²) < 4.78 is 4.95. The lowest BCUT2D eigenvalue weighted by atomic mass is 10.2. The van der Waals surface area contributed by atoms with E-state index >= 15 is 0 Å². The second-order valence-corrected chi connectivity index (χ2v) is 1.80. The first-order valence-corrected chi connectivity index (χ1v) is 2.63. The summed E-state index contributed by atoms with van der Waals surface area (Å²) in [6.45, 7) is 0.815. The van der Waals surface area contributed by atoms with Crippen LogP contribution in [0.3, 0.4) is 0 Å². The van der Waals surface area contributed by atoms with Crippen molar-refractivity contribution in [1.29, 1.82) is 0 Å². The molecule has 1 aliphatic heterocycles. The first-order chi connectivity index (χ1) is 3.88. The zero-order chi connectivity index (χ0) is 5.98. The topological polar surface area (TPSA) is 24.6 Å². The minimum absolute atomic E-state index is 0.120. The van der Waals surface area contributed by atoms with Gasteiger partial charge in [0.05, 0.1) is 12.6 Å². The molecule has 0 aromatic rings. The lowest BCUT2D eigenvalue weighted by Crippen LogP contribution is -2.28. The predicted octanol–water partition coefficient (Wildman–Crippen LogP) is -0.394. The molecule has 0 aromatic heterocycles. The summed E-state index contributed by atoms with van der Waals surface area (Å²) in [6, 6.07) is 0.120. The molecular formula is C6H9NO. The molecule has 2 unspecified atom stereocenters. The summed E-state index contributed by atoms with van der Waals surface area (Å²) in [5.74, 6) is 2.58. The molecule has 0 saturated carbocycles. The number of epoxide rings is 1. The summed E-state index contributed by atoms with van der Waals surface area (Å²) in [5, 5.41) is 2.95. The van der Waals surface area contributed by atoms with Crippen LogP contribution >= 0.6 is 0 Å². The Kier molecular flexibility index (Phi) is 1.52. The lowest BCUT2D eigenvalue weighted by Gasteiger charge is -2.01. The summed E-state index contributed by atoms with van der Waals surface area (Å²) >= 11 is 0. The number of hydrogen-bond acceptors (Lipinski definition) is 2. The summed E-state index contributed by atoms with van der Waals surface area (Å²) in [6.07, 6.45) is 5.41. The van der Waals surface area contributed by atoms with Gasteiger partial charge in [-0.1, -0.05) is 5.92 Å². The Labute approximate surface area is 49.2 Å². The van der Waals surface area contributed by atoms with Gasteiger partial charge in [0.2, 0.25) is 0 Å². The van der Waals surface area contributed by atoms with Crippen LogP contribution in [0, 0.1) is 12.3 Å². The molecule has 0 radical (unpaired) electrons. The van der Waals surface area contributed by atoms with E-state index in [9.17, 15) is 0 Å². The van der Waals surface area contributed by atoms with E-state index in [0.717, 1.165) is 6.61 Å². The molecule has 1 heterocycles. The molecular weight excluding hydrogens is 102 g/mol. The van der Waals surface area contributed by atoms with E-state index in [1.807, 2.05) is 7.05 Å². The molecule has 2 heteroatoms. The number of nitrogens with one attached hydrogen (secondary N) is 1. The van der Waals surface area contributed by atoms with Crippen molar-refractivity contribution >= 4 is 0 Å². The molecule has 1 aliphatic rings. The third-order valence-electron chi connectivity index (χ3n) is 1.22. The zero-order valence-electron chi connectivity index (χ0n) is 4.85. The standard InChI is InChI=1S/C6H9NO/c1-3-5(7-2)6-4-8-6/h1,5-7H,4H2,2H3. The van der Waals surface area contributed by atoms with Gasteiger partial charge in [-0.2, -0.15) is 0 Å². The molecule has 44 valence electrons. The van der Waals surface area contributed by atoms with Crippen LogP contribution in [0.25, 0.3) is 0 Å². The van der Waals surface area contributed by atoms with E-state index in [1.165, 1.54) is 0 Å². The van der Waals surface area contributed by atoms with Crippen LogP contribution in [0.2, 0.25) is 0 Å². The van der Waals surface area contributed by atoms with Crippen LogP contribution in [-0.4, -0.2) is 25.8 Å². The van der Waals surface area contributed by atoms with Gasteiger partial charge >= 0.3 is 0 Å². The van der Waals surface area contributed by atoms with Crippen LogP contribution < -0.4 is 5.32 Å². The van der Waals surface area contributed by atoms with Gasteiger partial charge in [0, 0.05) is 0 Å². The Morgan fingerprint density at radius 3 is 2.75 bits per heavy atom. The van der Waals surface area contributed by atoms with E-state index < -0.39 is 0 Å². The van der Waals surface area contributed by atoms with Crippen LogP contribution in [0.4, 0.5) is 0 Å². The van der Waals surface area contributed by atoms with E-state index in [4.69, 9.17) is 11.2 Å². The fraction of sp³-hybridized carbons (Fsp3) is 0.667. The van der Waals surface area contributed by atoms with Crippen LogP contribution in [-0.2, 0) is 4.74 Å². The Morgan fingerprint density at radius 2 is 2.62 bits per heavy atom. The summed E-state index contributed by atoms with van der Waals surface area (Å²) in [4.78, 5) is 0. The van der Waals surface area contributed by atoms with Gasteiger partial charge in [0.25, 0.3) is 0 Å². The maximum absolute atomic E-state index is 5.13. The molecule has 0 aliphatic carbocycles. The maximum atomic E-state index is 5.13. The number of ether oxygens (including phenoxy) is 1. The molecule has 0 spiro atoms. The normalized spacial score (nSPS) is 28.8. The molecule has 1 N–H and O–H groups in total. The van der Waals surface area contributed by atoms with E-state index in [-0.39, 0.29) is 12.1 Å². The molecule has 0 amide bonds. The van der Waals surface area contributed by atoms with E-state index in [2.05, 4.69) is 11.2 Å². The van der Waals surface area contributed by atoms with Crippen molar-refractivity contribution in [2.45, 2.75) is 12.1 Å². The van der Waals surface area contributed by atoms with Crippen LogP contribution in [0.15, 0.2) is 0 Å². The predicted molar refractivity (Wildman–Crippen MR) is 31.4 cm³/mol. The van der Waals surface area contributed by atoms with Crippen LogP contribution in [0.1, 0.15) is 0 Å². The molecule has 1 fully saturated rings. The van der Waals surface area contributed by atoms with Gasteiger partial charge in [-0.25, -0.2) is 0 Å². The Balaban J connectivity index is 2.29. The minimum Gasteiger partial charge on any atom is -0.370 e. The Morgan fingerprint density at radius 1 is 2.00 bits per heavy atom. The third-order valence-corrected chi connectivity index (χ3v) is 1.22. The quantitative estimate of drug-likeness (QED) is 0.387. The fourth-order valence-electron chi connectivity index (χ4n) is 0.625. The highest BCUT2D eigenvalue weighted by atomic mass is 16.6. The Hall–Kier alpha value is -0.520. The average molecular weight is 111 g/mol. The second kappa shape index (κ2) is 2.17. The largest absolute Gasteiger partial charge is 0.370 e. The highest BCUT2D eigenvalue weighted by molar-refractivity contribution is 5.05. The number of hydrogen-bond donors (Lipinski definition) is 1. The first kappa shape index (κ1) is 5.61. The van der Waals surface area contributed by atoms with Crippen molar-refractivity contribution in [1.82, 2.24) is 5.32 Å². The summed E-state index contributed by atoms with van der Waals surface area (Å²) in [5.41, 5.74) is 0. The molecule has 1 saturated heterocycles. The van der Waals surface area contributed by atoms with Gasteiger partial charge in [0.15, 0.2) is 0 Å². The van der Waals surface area contributed by atoms with Crippen molar-refractivity contribution in [3.8, 4) is 12.3 Å². The van der Waals surface area contributed by atoms with Crippen molar-refractivity contribution in [2.24, 2.45) is 0 Å². The van der Waals surface area contributed by atoms with Gasteiger partial charge in [-0.05, 0) is 7.05 Å². The minimum atomic E-state index is 0.120. The van der Waals surface area contributed by atoms with Gasteiger partial charge in [-0.15, -0.1) is 6.42 Å². The zero-order valence-corrected chi connectivity index (χ0v) is 4.85. The maximum Gasteiger partial charge on any atom is 0.107 e. The number of terminal acetylenes is 1. The Bertz CT molecular complexity index is 112. The lowest BCUT2D eigenvalue weighted by molar-refractivity contribution is 0.380. The second-order valence-electron chi connectivity index (χ2n) is 1.80. The SMILES string of the molecule is C#CC(NC)C1CO1. The molecule has 0 aromatic carbocycles. The monoisotopic (exact) mass is 111 g/mol. The van der Waals surface area contributed by atoms with Crippen molar-refractivity contribution in [3.05, 3.63) is 0 Å². The molecule has 2 atom stereocenters. The first-order valence-electron chi connectivity index (χ1n) is 2.63. The van der Waals surface area contributed by atoms with Gasteiger partial charge in [0.1, 0.15) is 6.10 Å². The van der Waals surface area contributed by atoms with E-state index in [0.29, 0.717) is 0 Å². The average Bonchev–Trinajstić information content (AvgIpc) is 2.53. The van der Waals surface area contributed by atoms with Crippen LogP contribution in [0.5, 0.6) is 0 Å². The number of rotatable bonds is 2. The molecule has 8 heavy (non-hydrogen) atoms. The molecule has 1 rings (SSSR count). The van der Waals surface area contributed by atoms with E-state index in [1.54, 1.807) is 0 Å². The number of likely N-dealkylation sites (N-methyl/N-ethyl adjacent to an activating group) is 1. The van der Waals surface area contributed by atoms with Crippen molar-refractivity contribution < 1.29 is 4.74 Å². The smallest absolute Gasteiger partial charge is 0.107 e. The van der Waals surface area contributed by atoms with Crippen molar-refractivity contribution in [2.75, 3.05) is 13.7 Å². The van der Waals surface area contributed by atoms with Crippen molar-refractivity contribution in [3.63, 3.8) is 0 Å². The highest BCUT2D eigenvalue weighted by Crippen LogP contribution is 2.12. The molecule has 0 bridgehead atoms. The summed E-state index contributed by atoms with van der Waals surface area (Å²) in [7, 11) is 1.84. The third kappa shape index (κ3) is 1.00.